The molecule has 204 valence electrons. The fourth-order valence-electron chi connectivity index (χ4n) is 4.75. The Morgan fingerprint density at radius 2 is 2.00 bits per heavy atom. The number of likely N-dealkylation sites (N-methyl/N-ethyl adjacent to an activating group) is 1. The second-order valence-corrected chi connectivity index (χ2v) is 11.0. The Bertz CT molecular complexity index is 980. The van der Waals surface area contributed by atoms with Crippen molar-refractivity contribution in [2.45, 2.75) is 71.9 Å². The number of fused-ring (bicyclic) bond motifs is 1. The Morgan fingerprint density at radius 1 is 1.27 bits per heavy atom. The van der Waals surface area contributed by atoms with Crippen molar-refractivity contribution in [1.82, 2.24) is 19.7 Å². The van der Waals surface area contributed by atoms with Crippen LogP contribution in [0.1, 0.15) is 75.7 Å². The van der Waals surface area contributed by atoms with Gasteiger partial charge in [-0.15, -0.1) is 0 Å². The molecule has 0 spiro atoms. The third kappa shape index (κ3) is 8.18. The van der Waals surface area contributed by atoms with Crippen LogP contribution in [0.25, 0.3) is 0 Å². The number of rotatable bonds is 8. The number of hydrogen-bond acceptors (Lipinski definition) is 6. The van der Waals surface area contributed by atoms with E-state index in [4.69, 9.17) is 4.74 Å². The number of carbonyl (C=O) groups is 2. The van der Waals surface area contributed by atoms with Crippen LogP contribution in [0.15, 0.2) is 12.3 Å². The monoisotopic (exact) mass is 512 g/mol. The third-order valence-electron chi connectivity index (χ3n) is 7.23. The highest BCUT2D eigenvalue weighted by molar-refractivity contribution is 5.97. The van der Waals surface area contributed by atoms with Crippen LogP contribution in [-0.4, -0.2) is 95.1 Å². The molecule has 8 nitrogen and oxygen atoms in total. The van der Waals surface area contributed by atoms with Gasteiger partial charge in [0.05, 0.1) is 19.2 Å². The number of nitrogens with zero attached hydrogens (tertiary/aromatic N) is 4. The van der Waals surface area contributed by atoms with E-state index in [2.05, 4.69) is 35.6 Å². The van der Waals surface area contributed by atoms with Gasteiger partial charge in [0.1, 0.15) is 11.7 Å². The smallest absolute Gasteiger partial charge is 0.259 e. The lowest BCUT2D eigenvalue weighted by Crippen LogP contribution is -2.50. The first-order chi connectivity index (χ1) is 17.7. The van der Waals surface area contributed by atoms with Gasteiger partial charge in [0, 0.05) is 50.7 Å². The van der Waals surface area contributed by atoms with E-state index in [-0.39, 0.29) is 42.4 Å². The molecule has 0 aromatic carbocycles. The molecule has 1 N–H and O–H groups in total. The van der Waals surface area contributed by atoms with Crippen molar-refractivity contribution < 1.29 is 19.4 Å². The Kier molecular flexibility index (Phi) is 10.8. The maximum absolute atomic E-state index is 13.5. The minimum atomic E-state index is -0.360. The molecule has 0 saturated carbocycles. The van der Waals surface area contributed by atoms with E-state index in [1.54, 1.807) is 22.1 Å². The molecule has 0 radical (unpaired) electrons. The predicted molar refractivity (Wildman–Crippen MR) is 144 cm³/mol. The van der Waals surface area contributed by atoms with Crippen LogP contribution in [0.3, 0.4) is 0 Å². The molecule has 2 amide bonds. The highest BCUT2D eigenvalue weighted by Crippen LogP contribution is 2.27. The summed E-state index contributed by atoms with van der Waals surface area (Å²) >= 11 is 0. The summed E-state index contributed by atoms with van der Waals surface area (Å²) in [7, 11) is 1.81. The maximum Gasteiger partial charge on any atom is 0.259 e. The van der Waals surface area contributed by atoms with Gasteiger partial charge in [-0.05, 0) is 44.8 Å². The summed E-state index contributed by atoms with van der Waals surface area (Å²) in [5, 5.41) is 9.85. The van der Waals surface area contributed by atoms with Crippen molar-refractivity contribution in [1.29, 1.82) is 0 Å². The summed E-state index contributed by atoms with van der Waals surface area (Å²) in [6, 6.07) is 1.37. The van der Waals surface area contributed by atoms with E-state index in [0.29, 0.717) is 36.6 Å². The molecule has 1 saturated heterocycles. The molecule has 2 aliphatic heterocycles. The van der Waals surface area contributed by atoms with E-state index in [1.807, 2.05) is 20.9 Å². The van der Waals surface area contributed by atoms with Crippen LogP contribution in [0.5, 0.6) is 5.88 Å². The second-order valence-electron chi connectivity index (χ2n) is 11.0. The Hall–Kier alpha value is -2.63. The highest BCUT2D eigenvalue weighted by Gasteiger charge is 2.34. The molecular formula is C29H44N4O4. The molecule has 3 atom stereocenters. The van der Waals surface area contributed by atoms with E-state index in [0.717, 1.165) is 26.1 Å². The van der Waals surface area contributed by atoms with Crippen LogP contribution in [0.4, 0.5) is 0 Å². The van der Waals surface area contributed by atoms with Crippen molar-refractivity contribution in [2.24, 2.45) is 11.8 Å². The number of pyridine rings is 1. The molecule has 37 heavy (non-hydrogen) atoms. The second kappa shape index (κ2) is 13.8. The summed E-state index contributed by atoms with van der Waals surface area (Å²) in [5.41, 5.74) is 0.996. The number of ether oxygens (including phenoxy) is 1. The van der Waals surface area contributed by atoms with Crippen LogP contribution in [-0.2, 0) is 4.79 Å². The summed E-state index contributed by atoms with van der Waals surface area (Å²) in [6.07, 6.45) is 6.21. The zero-order chi connectivity index (χ0) is 26.9. The number of amides is 2. The zero-order valence-electron chi connectivity index (χ0n) is 23.2. The number of aliphatic hydroxyl groups excluding tert-OH is 1. The van der Waals surface area contributed by atoms with Crippen molar-refractivity contribution in [2.75, 3.05) is 46.4 Å². The van der Waals surface area contributed by atoms with Crippen LogP contribution in [0, 0.1) is 23.7 Å². The van der Waals surface area contributed by atoms with Crippen molar-refractivity contribution >= 4 is 11.8 Å². The SMILES string of the molecule is CC(C)CC#Cc1cnc2c(c1)C(=O)N([C@H](C)CO)C[C@@H](C)[C@H](CN(C)C(=O)CCN1CCCCC1)O2. The fraction of sp³-hybridized carbons (Fsp3) is 0.690. The minimum Gasteiger partial charge on any atom is -0.472 e. The number of carbonyl (C=O) groups excluding carboxylic acids is 2. The van der Waals surface area contributed by atoms with E-state index in [9.17, 15) is 14.7 Å². The highest BCUT2D eigenvalue weighted by atomic mass is 16.5. The standard InChI is InChI=1S/C29H44N4O4/c1-21(2)10-9-11-24-16-25-28(30-17-24)37-26(22(3)18-33(29(25)36)23(4)20-34)19-31(5)27(35)12-15-32-13-7-6-8-14-32/h16-17,21-23,26,34H,6-8,10,12-15,18-20H2,1-5H3/t22-,23-,26+/m1/s1. The first-order valence-corrected chi connectivity index (χ1v) is 13.7. The molecule has 1 fully saturated rings. The van der Waals surface area contributed by atoms with Gasteiger partial charge in [-0.1, -0.05) is 39.0 Å². The molecule has 1 aromatic heterocycles. The molecule has 0 bridgehead atoms. The van der Waals surface area contributed by atoms with Crippen molar-refractivity contribution in [3.8, 4) is 17.7 Å². The number of aromatic nitrogens is 1. The lowest BCUT2D eigenvalue weighted by Gasteiger charge is -2.37. The average Bonchev–Trinajstić information content (AvgIpc) is 2.89. The van der Waals surface area contributed by atoms with Gasteiger partial charge in [0.25, 0.3) is 5.91 Å². The third-order valence-corrected chi connectivity index (χ3v) is 7.23. The predicted octanol–water partition coefficient (Wildman–Crippen LogP) is 3.03. The van der Waals surface area contributed by atoms with Crippen LogP contribution >= 0.6 is 0 Å². The van der Waals surface area contributed by atoms with Crippen LogP contribution < -0.4 is 4.74 Å². The van der Waals surface area contributed by atoms with Gasteiger partial charge < -0.3 is 24.5 Å². The topological polar surface area (TPSA) is 86.2 Å². The molecule has 3 rings (SSSR count). The summed E-state index contributed by atoms with van der Waals surface area (Å²) in [5.74, 6) is 6.74. The molecule has 1 aromatic rings. The minimum absolute atomic E-state index is 0.0734. The lowest BCUT2D eigenvalue weighted by atomic mass is 9.99. The Labute approximate surface area is 222 Å². The summed E-state index contributed by atoms with van der Waals surface area (Å²) in [4.78, 5) is 36.7. The Balaban J connectivity index is 1.79. The van der Waals surface area contributed by atoms with Gasteiger partial charge >= 0.3 is 0 Å². The summed E-state index contributed by atoms with van der Waals surface area (Å²) in [6.45, 7) is 11.6. The normalized spacial score (nSPS) is 21.3. The van der Waals surface area contributed by atoms with E-state index >= 15 is 0 Å². The molecule has 2 aliphatic rings. The van der Waals surface area contributed by atoms with E-state index < -0.39 is 0 Å². The van der Waals surface area contributed by atoms with E-state index in [1.165, 1.54) is 19.3 Å². The maximum atomic E-state index is 13.5. The van der Waals surface area contributed by atoms with Gasteiger partial charge in [-0.25, -0.2) is 4.98 Å². The number of piperidine rings is 1. The number of hydrogen-bond donors (Lipinski definition) is 1. The number of likely N-dealkylation sites (tertiary alicyclic amines) is 1. The quantitative estimate of drug-likeness (QED) is 0.539. The molecular weight excluding hydrogens is 468 g/mol. The molecule has 0 unspecified atom stereocenters. The van der Waals surface area contributed by atoms with Gasteiger partial charge in [-0.2, -0.15) is 0 Å². The van der Waals surface area contributed by atoms with Crippen LogP contribution in [0.2, 0.25) is 0 Å². The van der Waals surface area contributed by atoms with Crippen molar-refractivity contribution in [3.63, 3.8) is 0 Å². The first kappa shape index (κ1) is 28.9. The first-order valence-electron chi connectivity index (χ1n) is 13.7. The lowest BCUT2D eigenvalue weighted by molar-refractivity contribution is -0.131. The van der Waals surface area contributed by atoms with Gasteiger partial charge in [0.15, 0.2) is 0 Å². The molecule has 8 heteroatoms. The number of aliphatic hydroxyl groups is 1. The molecule has 3 heterocycles. The fourth-order valence-corrected chi connectivity index (χ4v) is 4.75. The average molecular weight is 513 g/mol. The Morgan fingerprint density at radius 3 is 2.68 bits per heavy atom. The van der Waals surface area contributed by atoms with Gasteiger partial charge in [0.2, 0.25) is 11.8 Å². The zero-order valence-corrected chi connectivity index (χ0v) is 23.2. The largest absolute Gasteiger partial charge is 0.472 e. The molecule has 0 aliphatic carbocycles. The summed E-state index contributed by atoms with van der Waals surface area (Å²) < 4.78 is 6.32. The van der Waals surface area contributed by atoms with Crippen molar-refractivity contribution in [3.05, 3.63) is 23.4 Å². The van der Waals surface area contributed by atoms with Gasteiger partial charge in [-0.3, -0.25) is 9.59 Å².